The molecule has 1 heterocycles. The number of hydrogen-bond acceptors (Lipinski definition) is 6. The van der Waals surface area contributed by atoms with Gasteiger partial charge in [-0.1, -0.05) is 42.5 Å². The van der Waals surface area contributed by atoms with Gasteiger partial charge in [0, 0.05) is 13.1 Å². The van der Waals surface area contributed by atoms with Crippen LogP contribution < -0.4 is 14.8 Å². The number of rotatable bonds is 9. The zero-order valence-electron chi connectivity index (χ0n) is 19.4. The van der Waals surface area contributed by atoms with Crippen LogP contribution in [0.5, 0.6) is 11.5 Å². The Morgan fingerprint density at radius 2 is 1.51 bits per heavy atom. The van der Waals surface area contributed by atoms with Crippen LogP contribution in [-0.4, -0.2) is 58.7 Å². The van der Waals surface area contributed by atoms with Gasteiger partial charge in [0.05, 0.1) is 31.3 Å². The summed E-state index contributed by atoms with van der Waals surface area (Å²) < 4.78 is 43.0. The van der Waals surface area contributed by atoms with E-state index in [1.54, 1.807) is 19.2 Å². The van der Waals surface area contributed by atoms with E-state index in [4.69, 9.17) is 14.2 Å². The minimum atomic E-state index is -3.58. The Kier molecular flexibility index (Phi) is 8.02. The molecule has 1 fully saturated rings. The second-order valence-electron chi connectivity index (χ2n) is 7.96. The van der Waals surface area contributed by atoms with Crippen LogP contribution in [-0.2, 0) is 19.6 Å². The first kappa shape index (κ1) is 24.7. The van der Waals surface area contributed by atoms with Gasteiger partial charge in [0.15, 0.2) is 6.61 Å². The number of morpholine rings is 1. The molecule has 0 radical (unpaired) electrons. The van der Waals surface area contributed by atoms with Crippen LogP contribution in [0.1, 0.15) is 17.2 Å². The van der Waals surface area contributed by atoms with E-state index in [1.807, 2.05) is 54.6 Å². The van der Waals surface area contributed by atoms with Gasteiger partial charge in [-0.15, -0.1) is 0 Å². The lowest BCUT2D eigenvalue weighted by atomic mass is 9.98. The molecule has 3 aromatic rings. The lowest BCUT2D eigenvalue weighted by molar-refractivity contribution is -0.123. The van der Waals surface area contributed by atoms with E-state index in [0.717, 1.165) is 16.9 Å². The second-order valence-corrected chi connectivity index (χ2v) is 9.90. The van der Waals surface area contributed by atoms with Crippen LogP contribution in [0.3, 0.4) is 0 Å². The molecular formula is C26H28N2O6S. The van der Waals surface area contributed by atoms with E-state index in [1.165, 1.54) is 16.4 Å². The zero-order chi connectivity index (χ0) is 24.7. The van der Waals surface area contributed by atoms with Gasteiger partial charge in [0.2, 0.25) is 10.0 Å². The van der Waals surface area contributed by atoms with Gasteiger partial charge in [-0.2, -0.15) is 4.31 Å². The van der Waals surface area contributed by atoms with Crippen LogP contribution >= 0.6 is 0 Å². The first-order valence-corrected chi connectivity index (χ1v) is 12.7. The average molecular weight is 497 g/mol. The molecule has 4 rings (SSSR count). The minimum Gasteiger partial charge on any atom is -0.497 e. The molecule has 0 spiro atoms. The fraction of sp³-hybridized carbons (Fsp3) is 0.269. The Labute approximate surface area is 205 Å². The molecule has 0 aromatic heterocycles. The van der Waals surface area contributed by atoms with Crippen molar-refractivity contribution in [1.29, 1.82) is 0 Å². The highest BCUT2D eigenvalue weighted by atomic mass is 32.2. The smallest absolute Gasteiger partial charge is 0.258 e. The van der Waals surface area contributed by atoms with Crippen molar-refractivity contribution < 1.29 is 27.4 Å². The van der Waals surface area contributed by atoms with Crippen molar-refractivity contribution in [2.75, 3.05) is 40.0 Å². The van der Waals surface area contributed by atoms with Gasteiger partial charge in [-0.3, -0.25) is 4.79 Å². The van der Waals surface area contributed by atoms with E-state index >= 15 is 0 Å². The van der Waals surface area contributed by atoms with E-state index < -0.39 is 10.0 Å². The van der Waals surface area contributed by atoms with E-state index in [-0.39, 0.29) is 23.5 Å². The third-order valence-electron chi connectivity index (χ3n) is 5.69. The molecule has 9 heteroatoms. The highest BCUT2D eigenvalue weighted by Crippen LogP contribution is 2.24. The third kappa shape index (κ3) is 6.19. The third-order valence-corrected chi connectivity index (χ3v) is 7.60. The topological polar surface area (TPSA) is 94.2 Å². The van der Waals surface area contributed by atoms with Crippen LogP contribution in [0.25, 0.3) is 0 Å². The Hall–Kier alpha value is -3.40. The summed E-state index contributed by atoms with van der Waals surface area (Å²) in [4.78, 5) is 12.9. The van der Waals surface area contributed by atoms with Gasteiger partial charge in [0.1, 0.15) is 11.5 Å². The predicted molar refractivity (Wildman–Crippen MR) is 131 cm³/mol. The SMILES string of the molecule is COc1ccc(C(NC(=O)COc2ccc(S(=O)(=O)N3CCOCC3)cc2)c2ccccc2)cc1. The molecule has 184 valence electrons. The Bertz CT molecular complexity index is 1210. The summed E-state index contributed by atoms with van der Waals surface area (Å²) in [5.74, 6) is 0.829. The van der Waals surface area contributed by atoms with Crippen molar-refractivity contribution >= 4 is 15.9 Å². The molecule has 3 aromatic carbocycles. The molecule has 0 bridgehead atoms. The van der Waals surface area contributed by atoms with Crippen LogP contribution in [0.4, 0.5) is 0 Å². The van der Waals surface area contributed by atoms with Gasteiger partial charge >= 0.3 is 0 Å². The first-order valence-electron chi connectivity index (χ1n) is 11.3. The number of amides is 1. The van der Waals surface area contributed by atoms with E-state index in [0.29, 0.717) is 32.1 Å². The van der Waals surface area contributed by atoms with E-state index in [2.05, 4.69) is 5.32 Å². The number of ether oxygens (including phenoxy) is 3. The van der Waals surface area contributed by atoms with Crippen molar-refractivity contribution in [1.82, 2.24) is 9.62 Å². The minimum absolute atomic E-state index is 0.180. The standard InChI is InChI=1S/C26H28N2O6S/c1-32-22-9-7-21(8-10-22)26(20-5-3-2-4-6-20)27-25(29)19-34-23-11-13-24(14-12-23)35(30,31)28-15-17-33-18-16-28/h2-14,26H,15-19H2,1H3,(H,27,29). The van der Waals surface area contributed by atoms with Crippen LogP contribution in [0.15, 0.2) is 83.8 Å². The summed E-state index contributed by atoms with van der Waals surface area (Å²) in [5.41, 5.74) is 1.84. The number of methoxy groups -OCH3 is 1. The lowest BCUT2D eigenvalue weighted by Gasteiger charge is -2.26. The summed E-state index contributed by atoms with van der Waals surface area (Å²) in [6.45, 7) is 1.22. The number of benzene rings is 3. The van der Waals surface area contributed by atoms with Crippen molar-refractivity contribution in [3.05, 3.63) is 90.0 Å². The molecule has 1 aliphatic rings. The maximum Gasteiger partial charge on any atom is 0.258 e. The number of hydrogen-bond donors (Lipinski definition) is 1. The second kappa shape index (κ2) is 11.4. The molecule has 1 atom stereocenters. The molecule has 35 heavy (non-hydrogen) atoms. The largest absolute Gasteiger partial charge is 0.497 e. The van der Waals surface area contributed by atoms with Crippen molar-refractivity contribution in [2.45, 2.75) is 10.9 Å². The molecular weight excluding hydrogens is 468 g/mol. The summed E-state index contributed by atoms with van der Waals surface area (Å²) in [5, 5.41) is 3.02. The Balaban J connectivity index is 1.40. The van der Waals surface area contributed by atoms with Gasteiger partial charge in [0.25, 0.3) is 5.91 Å². The Morgan fingerprint density at radius 3 is 2.14 bits per heavy atom. The molecule has 0 aliphatic carbocycles. The summed E-state index contributed by atoms with van der Waals surface area (Å²) in [7, 11) is -1.98. The van der Waals surface area contributed by atoms with Crippen LogP contribution in [0, 0.1) is 0 Å². The zero-order valence-corrected chi connectivity index (χ0v) is 20.2. The first-order chi connectivity index (χ1) is 17.0. The number of nitrogens with one attached hydrogen (secondary N) is 1. The fourth-order valence-corrected chi connectivity index (χ4v) is 5.20. The average Bonchev–Trinajstić information content (AvgIpc) is 2.92. The summed E-state index contributed by atoms with van der Waals surface area (Å²) >= 11 is 0. The normalized spacial score (nSPS) is 15.2. The summed E-state index contributed by atoms with van der Waals surface area (Å²) in [6, 6.07) is 22.9. The Morgan fingerprint density at radius 1 is 0.914 bits per heavy atom. The molecule has 1 saturated heterocycles. The quantitative estimate of drug-likeness (QED) is 0.490. The molecule has 1 aliphatic heterocycles. The maximum absolute atomic E-state index is 12.8. The van der Waals surface area contributed by atoms with Gasteiger partial charge in [-0.05, 0) is 47.5 Å². The van der Waals surface area contributed by atoms with Crippen molar-refractivity contribution in [2.24, 2.45) is 0 Å². The monoisotopic (exact) mass is 496 g/mol. The maximum atomic E-state index is 12.8. The predicted octanol–water partition coefficient (Wildman–Crippen LogP) is 3.00. The summed E-state index contributed by atoms with van der Waals surface area (Å²) in [6.07, 6.45) is 0. The number of nitrogens with zero attached hydrogens (tertiary/aromatic N) is 1. The van der Waals surface area contributed by atoms with Gasteiger partial charge in [-0.25, -0.2) is 8.42 Å². The lowest BCUT2D eigenvalue weighted by Crippen LogP contribution is -2.40. The van der Waals surface area contributed by atoms with Gasteiger partial charge < -0.3 is 19.5 Å². The number of sulfonamides is 1. The molecule has 1 unspecified atom stereocenters. The molecule has 1 amide bonds. The fourth-order valence-electron chi connectivity index (χ4n) is 3.80. The van der Waals surface area contributed by atoms with Crippen molar-refractivity contribution in [3.8, 4) is 11.5 Å². The van der Waals surface area contributed by atoms with E-state index in [9.17, 15) is 13.2 Å². The van der Waals surface area contributed by atoms with Crippen molar-refractivity contribution in [3.63, 3.8) is 0 Å². The molecule has 1 N–H and O–H groups in total. The molecule has 8 nitrogen and oxygen atoms in total. The highest BCUT2D eigenvalue weighted by molar-refractivity contribution is 7.89. The number of carbonyl (C=O) groups excluding carboxylic acids is 1. The number of carbonyl (C=O) groups is 1. The molecule has 0 saturated carbocycles. The highest BCUT2D eigenvalue weighted by Gasteiger charge is 2.26. The van der Waals surface area contributed by atoms with Crippen LogP contribution in [0.2, 0.25) is 0 Å².